The second-order valence-electron chi connectivity index (χ2n) is 5.44. The molecule has 0 atom stereocenters. The van der Waals surface area contributed by atoms with Crippen molar-refractivity contribution in [2.45, 2.75) is 39.7 Å². The summed E-state index contributed by atoms with van der Waals surface area (Å²) in [6.07, 6.45) is 3.38. The van der Waals surface area contributed by atoms with E-state index in [4.69, 9.17) is 0 Å². The minimum atomic E-state index is 0.140. The van der Waals surface area contributed by atoms with Gasteiger partial charge >= 0.3 is 0 Å². The molecule has 5 heteroatoms. The molecule has 0 radical (unpaired) electrons. The van der Waals surface area contributed by atoms with Crippen molar-refractivity contribution in [1.82, 2.24) is 15.3 Å². The van der Waals surface area contributed by atoms with Crippen LogP contribution < -0.4 is 10.2 Å². The standard InChI is InChI=1S/C14H22N4O/c1-10(2)17-14(19)12-4-6-18(7-5-12)13-8-11(3)15-9-16-13/h8-10,12H,4-7H2,1-3H3,(H,17,19). The van der Waals surface area contributed by atoms with Gasteiger partial charge in [-0.15, -0.1) is 0 Å². The Morgan fingerprint density at radius 2 is 2.05 bits per heavy atom. The number of rotatable bonds is 3. The first-order chi connectivity index (χ1) is 9.06. The SMILES string of the molecule is Cc1cc(N2CCC(C(=O)NC(C)C)CC2)ncn1. The van der Waals surface area contributed by atoms with Gasteiger partial charge in [0.1, 0.15) is 12.1 Å². The van der Waals surface area contributed by atoms with Crippen LogP contribution in [0.5, 0.6) is 0 Å². The highest BCUT2D eigenvalue weighted by molar-refractivity contribution is 5.79. The lowest BCUT2D eigenvalue weighted by molar-refractivity contribution is -0.126. The second-order valence-corrected chi connectivity index (χ2v) is 5.44. The van der Waals surface area contributed by atoms with Crippen LogP contribution in [-0.2, 0) is 4.79 Å². The first kappa shape index (κ1) is 13.8. The molecule has 104 valence electrons. The highest BCUT2D eigenvalue weighted by atomic mass is 16.1. The Morgan fingerprint density at radius 1 is 1.37 bits per heavy atom. The van der Waals surface area contributed by atoms with Gasteiger partial charge in [-0.3, -0.25) is 4.79 Å². The van der Waals surface area contributed by atoms with E-state index in [0.29, 0.717) is 0 Å². The largest absolute Gasteiger partial charge is 0.356 e. The maximum Gasteiger partial charge on any atom is 0.223 e. The Balaban J connectivity index is 1.90. The minimum absolute atomic E-state index is 0.140. The topological polar surface area (TPSA) is 58.1 Å². The number of carbonyl (C=O) groups excluding carboxylic acids is 1. The Labute approximate surface area is 114 Å². The molecule has 1 saturated heterocycles. The molecule has 2 heterocycles. The van der Waals surface area contributed by atoms with Gasteiger partial charge in [-0.05, 0) is 33.6 Å². The molecule has 0 spiro atoms. The van der Waals surface area contributed by atoms with Crippen LogP contribution in [0.25, 0.3) is 0 Å². The predicted molar refractivity (Wildman–Crippen MR) is 75.0 cm³/mol. The number of nitrogens with zero attached hydrogens (tertiary/aromatic N) is 3. The monoisotopic (exact) mass is 262 g/mol. The van der Waals surface area contributed by atoms with Gasteiger partial charge in [0.15, 0.2) is 0 Å². The summed E-state index contributed by atoms with van der Waals surface area (Å²) in [5, 5.41) is 2.99. The molecule has 1 fully saturated rings. The summed E-state index contributed by atoms with van der Waals surface area (Å²) in [5.41, 5.74) is 0.977. The third-order valence-corrected chi connectivity index (χ3v) is 3.41. The van der Waals surface area contributed by atoms with Crippen LogP contribution in [0.15, 0.2) is 12.4 Å². The Kier molecular flexibility index (Phi) is 4.35. The van der Waals surface area contributed by atoms with Gasteiger partial charge in [-0.25, -0.2) is 9.97 Å². The molecule has 1 aromatic rings. The van der Waals surface area contributed by atoms with Crippen molar-refractivity contribution in [3.05, 3.63) is 18.1 Å². The first-order valence-electron chi connectivity index (χ1n) is 6.90. The zero-order valence-electron chi connectivity index (χ0n) is 11.9. The van der Waals surface area contributed by atoms with E-state index in [2.05, 4.69) is 20.2 Å². The second kappa shape index (κ2) is 5.99. The van der Waals surface area contributed by atoms with Crippen molar-refractivity contribution < 1.29 is 4.79 Å². The average Bonchev–Trinajstić information content (AvgIpc) is 2.38. The van der Waals surface area contributed by atoms with Gasteiger partial charge in [0.25, 0.3) is 0 Å². The summed E-state index contributed by atoms with van der Waals surface area (Å²) in [5.74, 6) is 1.30. The number of aromatic nitrogens is 2. The Hall–Kier alpha value is -1.65. The van der Waals surface area contributed by atoms with Crippen molar-refractivity contribution in [3.8, 4) is 0 Å². The van der Waals surface area contributed by atoms with Crippen molar-refractivity contribution in [2.75, 3.05) is 18.0 Å². The first-order valence-corrected chi connectivity index (χ1v) is 6.90. The fourth-order valence-electron chi connectivity index (χ4n) is 2.39. The number of anilines is 1. The van der Waals surface area contributed by atoms with E-state index in [1.54, 1.807) is 6.33 Å². The molecule has 0 aromatic carbocycles. The molecule has 0 aliphatic carbocycles. The van der Waals surface area contributed by atoms with Crippen LogP contribution in [0.1, 0.15) is 32.4 Å². The number of amides is 1. The predicted octanol–water partition coefficient (Wildman–Crippen LogP) is 1.53. The molecule has 5 nitrogen and oxygen atoms in total. The summed E-state index contributed by atoms with van der Waals surface area (Å²) in [6, 6.07) is 2.21. The van der Waals surface area contributed by atoms with E-state index < -0.39 is 0 Å². The van der Waals surface area contributed by atoms with E-state index in [1.807, 2.05) is 26.8 Å². The zero-order valence-corrected chi connectivity index (χ0v) is 11.9. The molecular formula is C14H22N4O. The molecule has 0 unspecified atom stereocenters. The van der Waals surface area contributed by atoms with Crippen LogP contribution in [0, 0.1) is 12.8 Å². The van der Waals surface area contributed by atoms with Gasteiger partial charge in [0, 0.05) is 36.8 Å². The van der Waals surface area contributed by atoms with E-state index in [1.165, 1.54) is 0 Å². The van der Waals surface area contributed by atoms with Crippen LogP contribution >= 0.6 is 0 Å². The van der Waals surface area contributed by atoms with Crippen LogP contribution in [0.3, 0.4) is 0 Å². The van der Waals surface area contributed by atoms with Gasteiger partial charge in [-0.2, -0.15) is 0 Å². The maximum absolute atomic E-state index is 12.0. The van der Waals surface area contributed by atoms with Gasteiger partial charge < -0.3 is 10.2 Å². The van der Waals surface area contributed by atoms with Crippen molar-refractivity contribution in [2.24, 2.45) is 5.92 Å². The smallest absolute Gasteiger partial charge is 0.223 e. The number of carbonyl (C=O) groups is 1. The highest BCUT2D eigenvalue weighted by Gasteiger charge is 2.25. The molecule has 0 bridgehead atoms. The minimum Gasteiger partial charge on any atom is -0.356 e. The number of aryl methyl sites for hydroxylation is 1. The van der Waals surface area contributed by atoms with Crippen molar-refractivity contribution >= 4 is 11.7 Å². The molecule has 2 rings (SSSR count). The molecule has 1 N–H and O–H groups in total. The van der Waals surface area contributed by atoms with E-state index in [-0.39, 0.29) is 17.9 Å². The normalized spacial score (nSPS) is 16.7. The number of hydrogen-bond donors (Lipinski definition) is 1. The molecule has 1 aliphatic rings. The van der Waals surface area contributed by atoms with E-state index in [9.17, 15) is 4.79 Å². The fraction of sp³-hybridized carbons (Fsp3) is 0.643. The van der Waals surface area contributed by atoms with Crippen LogP contribution in [0.4, 0.5) is 5.82 Å². The number of nitrogens with one attached hydrogen (secondary N) is 1. The maximum atomic E-state index is 12.0. The lowest BCUT2D eigenvalue weighted by Crippen LogP contribution is -2.42. The summed E-state index contributed by atoms with van der Waals surface area (Å²) < 4.78 is 0. The molecule has 0 saturated carbocycles. The quantitative estimate of drug-likeness (QED) is 0.897. The Bertz CT molecular complexity index is 439. The number of piperidine rings is 1. The number of hydrogen-bond acceptors (Lipinski definition) is 4. The molecule has 1 aliphatic heterocycles. The van der Waals surface area contributed by atoms with Crippen LogP contribution in [0.2, 0.25) is 0 Å². The third kappa shape index (κ3) is 3.66. The summed E-state index contributed by atoms with van der Waals surface area (Å²) in [6.45, 7) is 7.72. The van der Waals surface area contributed by atoms with E-state index >= 15 is 0 Å². The summed E-state index contributed by atoms with van der Waals surface area (Å²) in [7, 11) is 0. The zero-order chi connectivity index (χ0) is 13.8. The fourth-order valence-corrected chi connectivity index (χ4v) is 2.39. The molecular weight excluding hydrogens is 240 g/mol. The van der Waals surface area contributed by atoms with Gasteiger partial charge in [0.2, 0.25) is 5.91 Å². The third-order valence-electron chi connectivity index (χ3n) is 3.41. The van der Waals surface area contributed by atoms with Crippen molar-refractivity contribution in [1.29, 1.82) is 0 Å². The van der Waals surface area contributed by atoms with Crippen LogP contribution in [-0.4, -0.2) is 35.0 Å². The van der Waals surface area contributed by atoms with Gasteiger partial charge in [0.05, 0.1) is 0 Å². The molecule has 19 heavy (non-hydrogen) atoms. The summed E-state index contributed by atoms with van der Waals surface area (Å²) in [4.78, 5) is 22.6. The summed E-state index contributed by atoms with van der Waals surface area (Å²) >= 11 is 0. The highest BCUT2D eigenvalue weighted by Crippen LogP contribution is 2.22. The molecule has 1 aromatic heterocycles. The Morgan fingerprint density at radius 3 is 2.63 bits per heavy atom. The lowest BCUT2D eigenvalue weighted by atomic mass is 9.95. The average molecular weight is 262 g/mol. The van der Waals surface area contributed by atoms with Crippen molar-refractivity contribution in [3.63, 3.8) is 0 Å². The van der Waals surface area contributed by atoms with Gasteiger partial charge in [-0.1, -0.05) is 0 Å². The van der Waals surface area contributed by atoms with E-state index in [0.717, 1.165) is 37.4 Å². The lowest BCUT2D eigenvalue weighted by Gasteiger charge is -2.32. The molecule has 1 amide bonds.